The minimum absolute atomic E-state index is 0.731. The number of fused-ring (bicyclic) bond motifs is 3. The number of hydrogen-bond acceptors (Lipinski definition) is 4. The van der Waals surface area contributed by atoms with E-state index in [1.807, 2.05) is 0 Å². The van der Waals surface area contributed by atoms with E-state index in [2.05, 4.69) is 314 Å². The molecular formula is C73H55N5. The van der Waals surface area contributed by atoms with Crippen molar-refractivity contribution in [3.63, 3.8) is 0 Å². The van der Waals surface area contributed by atoms with E-state index in [1.54, 1.807) is 0 Å². The monoisotopic (exact) mass is 1000 g/mol. The molecule has 5 nitrogen and oxygen atoms in total. The average Bonchev–Trinajstić information content (AvgIpc) is 3.93. The molecule has 0 fully saturated rings. The maximum Gasteiger partial charge on any atom is 0.160 e. The number of rotatable bonds is 12. The summed E-state index contributed by atoms with van der Waals surface area (Å²) in [4.78, 5) is 14.9. The maximum absolute atomic E-state index is 5.14. The highest BCUT2D eigenvalue weighted by Gasteiger charge is 2.21. The Hall–Kier alpha value is -10.1. The second-order valence-electron chi connectivity index (χ2n) is 20.0. The lowest BCUT2D eigenvalue weighted by Crippen LogP contribution is -2.09. The van der Waals surface area contributed by atoms with E-state index in [9.17, 15) is 0 Å². The summed E-state index contributed by atoms with van der Waals surface area (Å²) in [5.74, 6) is 0.731. The molecule has 5 heteroatoms. The fourth-order valence-electron chi connectivity index (χ4n) is 11.1. The summed E-state index contributed by atoms with van der Waals surface area (Å²) in [7, 11) is 0. The Kier molecular flexibility index (Phi) is 12.5. The molecule has 13 rings (SSSR count). The largest absolute Gasteiger partial charge is 0.310 e. The van der Waals surface area contributed by atoms with Gasteiger partial charge in [0.1, 0.15) is 0 Å². The topological polar surface area (TPSA) is 37.2 Å². The number of aryl methyl sites for hydroxylation is 3. The van der Waals surface area contributed by atoms with Gasteiger partial charge in [0, 0.05) is 67.3 Å². The van der Waals surface area contributed by atoms with Gasteiger partial charge in [0.15, 0.2) is 5.82 Å². The molecule has 2 aromatic heterocycles. The van der Waals surface area contributed by atoms with Crippen molar-refractivity contribution in [3.05, 3.63) is 296 Å². The van der Waals surface area contributed by atoms with Crippen LogP contribution < -0.4 is 9.80 Å². The van der Waals surface area contributed by atoms with E-state index < -0.39 is 0 Å². The van der Waals surface area contributed by atoms with Gasteiger partial charge in [0.2, 0.25) is 0 Å². The van der Waals surface area contributed by atoms with Crippen molar-refractivity contribution in [3.8, 4) is 61.8 Å². The summed E-state index contributed by atoms with van der Waals surface area (Å²) < 4.78 is 2.45. The van der Waals surface area contributed by atoms with Crippen LogP contribution in [0.25, 0.3) is 83.6 Å². The molecule has 372 valence electrons. The lowest BCUT2D eigenvalue weighted by atomic mass is 9.97. The van der Waals surface area contributed by atoms with Gasteiger partial charge in [0.25, 0.3) is 0 Å². The summed E-state index contributed by atoms with van der Waals surface area (Å²) in [6.45, 7) is 6.49. The van der Waals surface area contributed by atoms with E-state index in [0.29, 0.717) is 0 Å². The van der Waals surface area contributed by atoms with Crippen LogP contribution in [0.5, 0.6) is 0 Å². The molecule has 0 aliphatic carbocycles. The normalized spacial score (nSPS) is 11.3. The highest BCUT2D eigenvalue weighted by atomic mass is 15.1. The fourth-order valence-corrected chi connectivity index (χ4v) is 11.1. The number of anilines is 6. The first-order valence-corrected chi connectivity index (χ1v) is 26.6. The van der Waals surface area contributed by atoms with Gasteiger partial charge in [-0.3, -0.25) is 0 Å². The Morgan fingerprint density at radius 1 is 0.282 bits per heavy atom. The molecule has 11 aromatic carbocycles. The zero-order chi connectivity index (χ0) is 52.5. The quantitative estimate of drug-likeness (QED) is 0.122. The number of hydrogen-bond donors (Lipinski definition) is 0. The molecule has 0 N–H and O–H groups in total. The first kappa shape index (κ1) is 47.6. The first-order chi connectivity index (χ1) is 38.4. The lowest BCUT2D eigenvalue weighted by Gasteiger charge is -2.26. The van der Waals surface area contributed by atoms with Gasteiger partial charge in [-0.15, -0.1) is 0 Å². The summed E-state index contributed by atoms with van der Waals surface area (Å²) in [6.07, 6.45) is 0. The molecule has 0 atom stereocenters. The van der Waals surface area contributed by atoms with Gasteiger partial charge in [-0.05, 0) is 163 Å². The molecule has 0 amide bonds. The van der Waals surface area contributed by atoms with E-state index in [1.165, 1.54) is 33.0 Å². The molecule has 0 unspecified atom stereocenters. The van der Waals surface area contributed by atoms with E-state index in [4.69, 9.17) is 9.97 Å². The van der Waals surface area contributed by atoms with Gasteiger partial charge in [-0.25, -0.2) is 9.97 Å². The van der Waals surface area contributed by atoms with Gasteiger partial charge < -0.3 is 14.4 Å². The van der Waals surface area contributed by atoms with Crippen LogP contribution >= 0.6 is 0 Å². The van der Waals surface area contributed by atoms with E-state index >= 15 is 0 Å². The fraction of sp³-hybridized carbons (Fsp3) is 0.0411. The third kappa shape index (κ3) is 9.07. The molecule has 0 bridgehead atoms. The third-order valence-electron chi connectivity index (χ3n) is 15.0. The van der Waals surface area contributed by atoms with Gasteiger partial charge in [0.05, 0.1) is 22.4 Å². The molecular weight excluding hydrogens is 947 g/mol. The Morgan fingerprint density at radius 2 is 0.667 bits per heavy atom. The Labute approximate surface area is 456 Å². The first-order valence-electron chi connectivity index (χ1n) is 26.6. The Balaban J connectivity index is 0.857. The molecule has 0 aliphatic rings. The number of nitrogens with zero attached hydrogens (tertiary/aromatic N) is 5. The zero-order valence-electron chi connectivity index (χ0n) is 43.8. The summed E-state index contributed by atoms with van der Waals surface area (Å²) >= 11 is 0. The van der Waals surface area contributed by atoms with Crippen LogP contribution in [0.3, 0.4) is 0 Å². The molecule has 2 heterocycles. The van der Waals surface area contributed by atoms with Crippen LogP contribution in [0.1, 0.15) is 16.7 Å². The van der Waals surface area contributed by atoms with Crippen LogP contribution in [0.4, 0.5) is 34.1 Å². The van der Waals surface area contributed by atoms with Crippen LogP contribution in [-0.4, -0.2) is 14.5 Å². The highest BCUT2D eigenvalue weighted by Crippen LogP contribution is 2.44. The molecule has 0 saturated carbocycles. The summed E-state index contributed by atoms with van der Waals surface area (Å²) in [5.41, 5.74) is 23.2. The summed E-state index contributed by atoms with van der Waals surface area (Å²) in [5, 5.41) is 2.34. The van der Waals surface area contributed by atoms with E-state index in [0.717, 1.165) is 101 Å². The minimum Gasteiger partial charge on any atom is -0.310 e. The van der Waals surface area contributed by atoms with Gasteiger partial charge in [-0.2, -0.15) is 0 Å². The van der Waals surface area contributed by atoms with Crippen molar-refractivity contribution in [2.75, 3.05) is 9.80 Å². The van der Waals surface area contributed by atoms with Crippen LogP contribution in [0.15, 0.2) is 279 Å². The molecule has 0 aliphatic heterocycles. The van der Waals surface area contributed by atoms with Crippen LogP contribution in [0, 0.1) is 20.8 Å². The second-order valence-corrected chi connectivity index (χ2v) is 20.0. The van der Waals surface area contributed by atoms with Crippen molar-refractivity contribution in [2.45, 2.75) is 20.8 Å². The predicted molar refractivity (Wildman–Crippen MR) is 327 cm³/mol. The Morgan fingerprint density at radius 3 is 1.12 bits per heavy atom. The molecule has 0 saturated heterocycles. The predicted octanol–water partition coefficient (Wildman–Crippen LogP) is 19.8. The molecule has 0 spiro atoms. The maximum atomic E-state index is 5.14. The lowest BCUT2D eigenvalue weighted by molar-refractivity contribution is 1.15. The van der Waals surface area contributed by atoms with Gasteiger partial charge >= 0.3 is 0 Å². The number of benzene rings is 11. The molecule has 0 radical (unpaired) electrons. The zero-order valence-corrected chi connectivity index (χ0v) is 43.8. The number of aromatic nitrogens is 3. The standard InChI is InChI=1S/C73H55N5/c1-50-20-16-18-30-64(50)69-49-68(74-73(75-69)65-31-19-17-21-51(65)2)56-38-36-54(37-39-56)53-32-34-55(35-33-53)57-40-43-70(52(3)46-57)78-71-44-41-62(76(58-22-8-4-9-23-58)59-24-10-5-11-25-59)47-66(71)67-48-63(42-45-72(67)78)77(60-26-12-6-13-27-60)61-28-14-7-15-29-61/h4-49H,1-3H3. The summed E-state index contributed by atoms with van der Waals surface area (Å²) in [6, 6.07) is 99.9. The van der Waals surface area contributed by atoms with E-state index in [-0.39, 0.29) is 0 Å². The molecule has 13 aromatic rings. The average molecular weight is 1000 g/mol. The van der Waals surface area contributed by atoms with Crippen molar-refractivity contribution in [1.29, 1.82) is 0 Å². The number of para-hydroxylation sites is 4. The van der Waals surface area contributed by atoms with Crippen LogP contribution in [-0.2, 0) is 0 Å². The van der Waals surface area contributed by atoms with Crippen molar-refractivity contribution in [1.82, 2.24) is 14.5 Å². The third-order valence-corrected chi connectivity index (χ3v) is 15.0. The Bertz CT molecular complexity index is 3980. The second kappa shape index (κ2) is 20.6. The van der Waals surface area contributed by atoms with Crippen molar-refractivity contribution in [2.24, 2.45) is 0 Å². The van der Waals surface area contributed by atoms with Crippen LogP contribution in [0.2, 0.25) is 0 Å². The van der Waals surface area contributed by atoms with Crippen molar-refractivity contribution < 1.29 is 0 Å². The molecule has 78 heavy (non-hydrogen) atoms. The van der Waals surface area contributed by atoms with Crippen molar-refractivity contribution >= 4 is 55.9 Å². The smallest absolute Gasteiger partial charge is 0.160 e. The minimum atomic E-state index is 0.731. The van der Waals surface area contributed by atoms with Gasteiger partial charge in [-0.1, -0.05) is 176 Å². The SMILES string of the molecule is Cc1ccccc1-c1cc(-c2ccc(-c3ccc(-c4ccc(-n5c6ccc(N(c7ccccc7)c7ccccc7)cc6c6cc(N(c7ccccc7)c7ccccc7)ccc65)c(C)c4)cc3)cc2)nc(-c2ccccc2C)n1. The highest BCUT2D eigenvalue weighted by molar-refractivity contribution is 6.12.